The molecule has 4 heteroatoms. The molecule has 0 unspecified atom stereocenters. The lowest BCUT2D eigenvalue weighted by Crippen LogP contribution is -3.02. The van der Waals surface area contributed by atoms with Gasteiger partial charge in [-0.25, -0.2) is 0 Å². The molecule has 2 N–H and O–H groups in total. The summed E-state index contributed by atoms with van der Waals surface area (Å²) in [6, 6.07) is 0. The van der Waals surface area contributed by atoms with Crippen LogP contribution in [0.3, 0.4) is 0 Å². The van der Waals surface area contributed by atoms with Crippen molar-refractivity contribution in [2.24, 2.45) is 0 Å². The van der Waals surface area contributed by atoms with Gasteiger partial charge in [-0.15, -0.1) is 0 Å². The van der Waals surface area contributed by atoms with Crippen molar-refractivity contribution in [3.05, 3.63) is 12.2 Å². The van der Waals surface area contributed by atoms with Crippen molar-refractivity contribution in [2.45, 2.75) is 20.3 Å². The average Bonchev–Trinajstić information content (AvgIpc) is 1.98. The monoisotopic (exact) mass is 222 g/mol. The SMILES string of the molecule is C=C(C)C(=O)NCCC.C[NH+](C)C.[Cl-]. The van der Waals surface area contributed by atoms with E-state index in [-0.39, 0.29) is 18.3 Å². The zero-order valence-corrected chi connectivity index (χ0v) is 10.7. The number of hydrogen-bond acceptors (Lipinski definition) is 1. The maximum absolute atomic E-state index is 10.7. The second-order valence-electron chi connectivity index (χ2n) is 3.54. The minimum atomic E-state index is -0.0446. The number of carbonyl (C=O) groups is 1. The molecule has 3 nitrogen and oxygen atoms in total. The minimum Gasteiger partial charge on any atom is -1.00 e. The number of rotatable bonds is 3. The first kappa shape index (κ1) is 19.1. The molecule has 0 aliphatic rings. The molecular formula is C10H23ClN2O. The average molecular weight is 223 g/mol. The van der Waals surface area contributed by atoms with Crippen LogP contribution in [0.25, 0.3) is 0 Å². The van der Waals surface area contributed by atoms with E-state index in [1.165, 1.54) is 4.90 Å². The van der Waals surface area contributed by atoms with Crippen LogP contribution in [0.1, 0.15) is 20.3 Å². The van der Waals surface area contributed by atoms with Crippen molar-refractivity contribution >= 4 is 5.91 Å². The van der Waals surface area contributed by atoms with Crippen molar-refractivity contribution in [3.63, 3.8) is 0 Å². The first-order valence-electron chi connectivity index (χ1n) is 4.62. The molecule has 0 saturated heterocycles. The normalized spacial score (nSPS) is 8.14. The largest absolute Gasteiger partial charge is 1.00 e. The van der Waals surface area contributed by atoms with Gasteiger partial charge in [-0.3, -0.25) is 4.79 Å². The van der Waals surface area contributed by atoms with E-state index in [0.717, 1.165) is 13.0 Å². The highest BCUT2D eigenvalue weighted by molar-refractivity contribution is 5.91. The molecule has 86 valence electrons. The minimum absolute atomic E-state index is 0. The molecule has 1 amide bonds. The molecule has 0 atom stereocenters. The van der Waals surface area contributed by atoms with Gasteiger partial charge in [-0.2, -0.15) is 0 Å². The third kappa shape index (κ3) is 22.5. The molecule has 14 heavy (non-hydrogen) atoms. The van der Waals surface area contributed by atoms with E-state index >= 15 is 0 Å². The molecule has 0 aromatic rings. The van der Waals surface area contributed by atoms with E-state index in [1.54, 1.807) is 6.92 Å². The van der Waals surface area contributed by atoms with Crippen LogP contribution in [-0.4, -0.2) is 33.6 Å². The topological polar surface area (TPSA) is 33.5 Å². The first-order chi connectivity index (χ1) is 5.91. The van der Waals surface area contributed by atoms with E-state index in [4.69, 9.17) is 0 Å². The molecule has 0 aromatic carbocycles. The number of halogens is 1. The second-order valence-corrected chi connectivity index (χ2v) is 3.54. The van der Waals surface area contributed by atoms with Gasteiger partial charge in [-0.05, 0) is 13.3 Å². The van der Waals surface area contributed by atoms with E-state index in [0.29, 0.717) is 5.57 Å². The number of hydrogen-bond donors (Lipinski definition) is 2. The molecule has 0 saturated carbocycles. The second kappa shape index (κ2) is 12.5. The predicted octanol–water partition coefficient (Wildman–Crippen LogP) is -3.15. The Morgan fingerprint density at radius 2 is 1.71 bits per heavy atom. The Bertz CT molecular complexity index is 155. The maximum atomic E-state index is 10.7. The molecule has 0 heterocycles. The Morgan fingerprint density at radius 3 is 1.93 bits per heavy atom. The van der Waals surface area contributed by atoms with Gasteiger partial charge in [0.2, 0.25) is 5.91 Å². The van der Waals surface area contributed by atoms with Crippen LogP contribution in [-0.2, 0) is 4.79 Å². The Hall–Kier alpha value is -0.540. The molecule has 0 spiro atoms. The molecule has 0 aliphatic heterocycles. The summed E-state index contributed by atoms with van der Waals surface area (Å²) in [5.74, 6) is -0.0446. The summed E-state index contributed by atoms with van der Waals surface area (Å²) in [6.45, 7) is 7.95. The summed E-state index contributed by atoms with van der Waals surface area (Å²) in [5.41, 5.74) is 0.573. The summed E-state index contributed by atoms with van der Waals surface area (Å²) < 4.78 is 0. The highest BCUT2D eigenvalue weighted by atomic mass is 35.5. The number of carbonyl (C=O) groups excluding carboxylic acids is 1. The van der Waals surface area contributed by atoms with E-state index in [9.17, 15) is 4.79 Å². The highest BCUT2D eigenvalue weighted by Crippen LogP contribution is 1.84. The van der Waals surface area contributed by atoms with Crippen LogP contribution in [0.4, 0.5) is 0 Å². The van der Waals surface area contributed by atoms with Gasteiger partial charge in [0.1, 0.15) is 0 Å². The van der Waals surface area contributed by atoms with Crippen LogP contribution < -0.4 is 22.6 Å². The van der Waals surface area contributed by atoms with Crippen molar-refractivity contribution < 1.29 is 22.1 Å². The molecule has 0 radical (unpaired) electrons. The van der Waals surface area contributed by atoms with Gasteiger partial charge in [0.05, 0.1) is 21.1 Å². The Labute approximate surface area is 94.0 Å². The van der Waals surface area contributed by atoms with Crippen molar-refractivity contribution in [2.75, 3.05) is 27.7 Å². The van der Waals surface area contributed by atoms with E-state index in [1.807, 2.05) is 6.92 Å². The van der Waals surface area contributed by atoms with E-state index in [2.05, 4.69) is 33.0 Å². The number of nitrogens with one attached hydrogen (secondary N) is 2. The van der Waals surface area contributed by atoms with Crippen LogP contribution in [0.5, 0.6) is 0 Å². The molecule has 0 fully saturated rings. The summed E-state index contributed by atoms with van der Waals surface area (Å²) in [4.78, 5) is 12.1. The first-order valence-corrected chi connectivity index (χ1v) is 4.62. The molecule has 0 bridgehead atoms. The molecule has 0 aromatic heterocycles. The lowest BCUT2D eigenvalue weighted by molar-refractivity contribution is -0.836. The Kier molecular flexibility index (Phi) is 17.0. The van der Waals surface area contributed by atoms with Crippen LogP contribution in [0.2, 0.25) is 0 Å². The standard InChI is InChI=1S/C7H13NO.C3H9N.ClH/c1-4-5-8-7(9)6(2)3;1-4(2)3;/h2,4-5H2,1,3H3,(H,8,9);1-3H3;1H. The van der Waals surface area contributed by atoms with Crippen molar-refractivity contribution in [3.8, 4) is 0 Å². The maximum Gasteiger partial charge on any atom is 0.246 e. The smallest absolute Gasteiger partial charge is 0.246 e. The van der Waals surface area contributed by atoms with E-state index < -0.39 is 0 Å². The van der Waals surface area contributed by atoms with Crippen molar-refractivity contribution in [1.29, 1.82) is 0 Å². The van der Waals surface area contributed by atoms with Crippen LogP contribution >= 0.6 is 0 Å². The third-order valence-electron chi connectivity index (χ3n) is 0.923. The zero-order valence-electron chi connectivity index (χ0n) is 9.91. The summed E-state index contributed by atoms with van der Waals surface area (Å²) in [5, 5.41) is 2.69. The predicted molar refractivity (Wildman–Crippen MR) is 56.8 cm³/mol. The van der Waals surface area contributed by atoms with Gasteiger partial charge >= 0.3 is 0 Å². The fourth-order valence-electron chi connectivity index (χ4n) is 0.389. The van der Waals surface area contributed by atoms with Gasteiger partial charge < -0.3 is 22.6 Å². The molecular weight excluding hydrogens is 200 g/mol. The molecule has 0 aliphatic carbocycles. The number of amides is 1. The van der Waals surface area contributed by atoms with Gasteiger partial charge in [0.15, 0.2) is 0 Å². The number of quaternary nitrogens is 1. The lowest BCUT2D eigenvalue weighted by atomic mass is 10.3. The quantitative estimate of drug-likeness (QED) is 0.487. The lowest BCUT2D eigenvalue weighted by Gasteiger charge is -1.99. The Balaban J connectivity index is -0.000000209. The zero-order chi connectivity index (χ0) is 10.9. The third-order valence-corrected chi connectivity index (χ3v) is 0.923. The van der Waals surface area contributed by atoms with Crippen LogP contribution in [0.15, 0.2) is 12.2 Å². The van der Waals surface area contributed by atoms with Crippen molar-refractivity contribution in [1.82, 2.24) is 5.32 Å². The van der Waals surface area contributed by atoms with Gasteiger partial charge in [0.25, 0.3) is 0 Å². The summed E-state index contributed by atoms with van der Waals surface area (Å²) in [6.07, 6.45) is 0.971. The fraction of sp³-hybridized carbons (Fsp3) is 0.700. The van der Waals surface area contributed by atoms with Gasteiger partial charge in [-0.1, -0.05) is 13.5 Å². The van der Waals surface area contributed by atoms with Gasteiger partial charge in [0, 0.05) is 12.1 Å². The summed E-state index contributed by atoms with van der Waals surface area (Å²) >= 11 is 0. The summed E-state index contributed by atoms with van der Waals surface area (Å²) in [7, 11) is 6.25. The van der Waals surface area contributed by atoms with Crippen LogP contribution in [0, 0.1) is 0 Å². The fourth-order valence-corrected chi connectivity index (χ4v) is 0.389. The molecule has 0 rings (SSSR count). The highest BCUT2D eigenvalue weighted by Gasteiger charge is 1.96. The Morgan fingerprint density at radius 1 is 1.36 bits per heavy atom.